The van der Waals surface area contributed by atoms with E-state index in [4.69, 9.17) is 0 Å². The summed E-state index contributed by atoms with van der Waals surface area (Å²) < 4.78 is 14.0. The van der Waals surface area contributed by atoms with Crippen LogP contribution in [0.3, 0.4) is 0 Å². The topological polar surface area (TPSA) is 12.0 Å². The summed E-state index contributed by atoms with van der Waals surface area (Å²) in [4.78, 5) is 0. The normalized spacial score (nSPS) is 12.4. The van der Waals surface area contributed by atoms with Crippen molar-refractivity contribution in [2.45, 2.75) is 32.9 Å². The minimum absolute atomic E-state index is 0.215. The van der Waals surface area contributed by atoms with Gasteiger partial charge in [-0.05, 0) is 52.5 Å². The number of halogens is 2. The van der Waals surface area contributed by atoms with Crippen molar-refractivity contribution in [2.75, 3.05) is 0 Å². The molecular weight excluding hydrogens is 317 g/mol. The molecule has 0 saturated heterocycles. The highest BCUT2D eigenvalue weighted by Gasteiger charge is 2.09. The van der Waals surface area contributed by atoms with Crippen molar-refractivity contribution in [3.8, 4) is 0 Å². The summed E-state index contributed by atoms with van der Waals surface area (Å²) in [5, 5.41) is 3.49. The van der Waals surface area contributed by atoms with Gasteiger partial charge in [-0.25, -0.2) is 4.39 Å². The Labute approximate surface area is 128 Å². The molecule has 0 spiro atoms. The maximum absolute atomic E-state index is 13.5. The monoisotopic (exact) mass is 335 g/mol. The van der Waals surface area contributed by atoms with E-state index >= 15 is 0 Å². The Hall–Kier alpha value is -1.19. The van der Waals surface area contributed by atoms with E-state index in [9.17, 15) is 4.39 Å². The molecule has 3 heteroatoms. The average molecular weight is 336 g/mol. The van der Waals surface area contributed by atoms with E-state index in [1.165, 1.54) is 11.1 Å². The predicted octanol–water partition coefficient (Wildman–Crippen LogP) is 5.14. The van der Waals surface area contributed by atoms with Gasteiger partial charge in [0.05, 0.1) is 4.47 Å². The van der Waals surface area contributed by atoms with Gasteiger partial charge in [0.25, 0.3) is 0 Å². The van der Waals surface area contributed by atoms with Crippen molar-refractivity contribution in [2.24, 2.45) is 0 Å². The van der Waals surface area contributed by atoms with Crippen molar-refractivity contribution >= 4 is 15.9 Å². The summed E-state index contributed by atoms with van der Waals surface area (Å²) in [5.74, 6) is -0.215. The summed E-state index contributed by atoms with van der Waals surface area (Å²) in [6, 6.07) is 14.1. The zero-order valence-corrected chi connectivity index (χ0v) is 13.4. The molecule has 2 aromatic carbocycles. The Balaban J connectivity index is 2.03. The van der Waals surface area contributed by atoms with E-state index in [0.717, 1.165) is 12.0 Å². The van der Waals surface area contributed by atoms with Gasteiger partial charge in [-0.1, -0.05) is 42.8 Å². The molecule has 0 aliphatic heterocycles. The van der Waals surface area contributed by atoms with Crippen LogP contribution in [-0.2, 0) is 6.54 Å². The van der Waals surface area contributed by atoms with Crippen molar-refractivity contribution in [1.82, 2.24) is 5.32 Å². The van der Waals surface area contributed by atoms with Crippen LogP contribution in [-0.4, -0.2) is 0 Å². The first-order valence-electron chi connectivity index (χ1n) is 6.84. The molecule has 1 atom stereocenters. The van der Waals surface area contributed by atoms with Gasteiger partial charge in [0, 0.05) is 12.6 Å². The molecule has 1 nitrogen and oxygen atoms in total. The molecule has 20 heavy (non-hydrogen) atoms. The van der Waals surface area contributed by atoms with Crippen molar-refractivity contribution in [3.05, 3.63) is 69.4 Å². The highest BCUT2D eigenvalue weighted by molar-refractivity contribution is 9.10. The second-order valence-electron chi connectivity index (χ2n) is 5.00. The number of hydrogen-bond acceptors (Lipinski definition) is 1. The van der Waals surface area contributed by atoms with E-state index in [1.54, 1.807) is 12.1 Å². The van der Waals surface area contributed by atoms with E-state index in [1.807, 2.05) is 6.07 Å². The third kappa shape index (κ3) is 3.90. The molecule has 0 fully saturated rings. The van der Waals surface area contributed by atoms with E-state index < -0.39 is 0 Å². The van der Waals surface area contributed by atoms with Gasteiger partial charge < -0.3 is 5.32 Å². The van der Waals surface area contributed by atoms with Crippen LogP contribution < -0.4 is 5.32 Å². The number of aryl methyl sites for hydroxylation is 1. The Bertz CT molecular complexity index is 566. The largest absolute Gasteiger partial charge is 0.306 e. The average Bonchev–Trinajstić information content (AvgIpc) is 2.45. The molecule has 0 aromatic heterocycles. The molecule has 2 rings (SSSR count). The van der Waals surface area contributed by atoms with Gasteiger partial charge in [-0.15, -0.1) is 0 Å². The summed E-state index contributed by atoms with van der Waals surface area (Å²) in [5.41, 5.74) is 3.49. The highest BCUT2D eigenvalue weighted by Crippen LogP contribution is 2.20. The second-order valence-corrected chi connectivity index (χ2v) is 5.86. The first-order valence-corrected chi connectivity index (χ1v) is 7.63. The number of nitrogens with one attached hydrogen (secondary N) is 1. The molecule has 0 aliphatic rings. The van der Waals surface area contributed by atoms with Crippen LogP contribution in [0.1, 0.15) is 36.1 Å². The Morgan fingerprint density at radius 2 is 1.85 bits per heavy atom. The van der Waals surface area contributed by atoms with Gasteiger partial charge in [0.2, 0.25) is 0 Å². The lowest BCUT2D eigenvalue weighted by Gasteiger charge is -2.18. The summed E-state index contributed by atoms with van der Waals surface area (Å²) in [6.45, 7) is 4.90. The quantitative estimate of drug-likeness (QED) is 0.797. The van der Waals surface area contributed by atoms with Crippen LogP contribution >= 0.6 is 15.9 Å². The van der Waals surface area contributed by atoms with Crippen LogP contribution in [0.25, 0.3) is 0 Å². The molecule has 1 N–H and O–H groups in total. The first kappa shape index (κ1) is 15.2. The van der Waals surface area contributed by atoms with Gasteiger partial charge in [0.15, 0.2) is 0 Å². The maximum atomic E-state index is 13.5. The third-order valence-electron chi connectivity index (χ3n) is 3.42. The van der Waals surface area contributed by atoms with Crippen LogP contribution in [0.5, 0.6) is 0 Å². The molecule has 0 bridgehead atoms. The van der Waals surface area contributed by atoms with Gasteiger partial charge in [-0.3, -0.25) is 0 Å². The molecule has 0 heterocycles. The van der Waals surface area contributed by atoms with Gasteiger partial charge >= 0.3 is 0 Å². The fraction of sp³-hybridized carbons (Fsp3) is 0.294. The van der Waals surface area contributed by atoms with Gasteiger partial charge in [0.1, 0.15) is 5.82 Å². The molecule has 0 amide bonds. The minimum Gasteiger partial charge on any atom is -0.306 e. The van der Waals surface area contributed by atoms with Crippen LogP contribution in [0.15, 0.2) is 46.9 Å². The molecular formula is C17H19BrFN. The smallest absolute Gasteiger partial charge is 0.137 e. The second kappa shape index (κ2) is 7.00. The third-order valence-corrected chi connectivity index (χ3v) is 4.07. The number of benzene rings is 2. The molecule has 0 radical (unpaired) electrons. The Kier molecular flexibility index (Phi) is 5.32. The van der Waals surface area contributed by atoms with Gasteiger partial charge in [-0.2, -0.15) is 0 Å². The Morgan fingerprint density at radius 3 is 2.45 bits per heavy atom. The lowest BCUT2D eigenvalue weighted by atomic mass is 10.0. The highest BCUT2D eigenvalue weighted by atomic mass is 79.9. The first-order chi connectivity index (χ1) is 9.60. The summed E-state index contributed by atoms with van der Waals surface area (Å²) in [7, 11) is 0. The van der Waals surface area contributed by atoms with Crippen LogP contribution in [0.2, 0.25) is 0 Å². The minimum atomic E-state index is -0.215. The lowest BCUT2D eigenvalue weighted by molar-refractivity contribution is 0.517. The Morgan fingerprint density at radius 1 is 1.15 bits per heavy atom. The molecule has 0 aliphatic carbocycles. The number of rotatable bonds is 5. The lowest BCUT2D eigenvalue weighted by Crippen LogP contribution is -2.20. The molecule has 1 unspecified atom stereocenters. The standard InChI is InChI=1S/C17H19BrFN/c1-3-17(14-7-4-12(2)5-8-14)20-11-13-6-9-15(18)16(19)10-13/h4-10,17,20H,3,11H2,1-2H3. The van der Waals surface area contributed by atoms with E-state index in [-0.39, 0.29) is 5.82 Å². The summed E-state index contributed by atoms with van der Waals surface area (Å²) in [6.07, 6.45) is 1.00. The zero-order valence-electron chi connectivity index (χ0n) is 11.8. The zero-order chi connectivity index (χ0) is 14.5. The fourth-order valence-corrected chi connectivity index (χ4v) is 2.43. The fourth-order valence-electron chi connectivity index (χ4n) is 2.19. The summed E-state index contributed by atoms with van der Waals surface area (Å²) >= 11 is 3.17. The van der Waals surface area contributed by atoms with Crippen molar-refractivity contribution in [3.63, 3.8) is 0 Å². The van der Waals surface area contributed by atoms with Crippen molar-refractivity contribution < 1.29 is 4.39 Å². The SMILES string of the molecule is CCC(NCc1ccc(Br)c(F)c1)c1ccc(C)cc1. The predicted molar refractivity (Wildman–Crippen MR) is 85.2 cm³/mol. The molecule has 106 valence electrons. The molecule has 0 saturated carbocycles. The van der Waals surface area contributed by atoms with E-state index in [2.05, 4.69) is 59.4 Å². The van der Waals surface area contributed by atoms with Crippen molar-refractivity contribution in [1.29, 1.82) is 0 Å². The molecule has 2 aromatic rings. The van der Waals surface area contributed by atoms with E-state index in [0.29, 0.717) is 17.1 Å². The van der Waals surface area contributed by atoms with Crippen LogP contribution in [0, 0.1) is 12.7 Å². The maximum Gasteiger partial charge on any atom is 0.137 e. The van der Waals surface area contributed by atoms with Crippen LogP contribution in [0.4, 0.5) is 4.39 Å². The number of hydrogen-bond donors (Lipinski definition) is 1.